The van der Waals surface area contributed by atoms with Crippen LogP contribution in [0.25, 0.3) is 0 Å². The highest BCUT2D eigenvalue weighted by molar-refractivity contribution is 7.91. The average Bonchev–Trinajstić information content (AvgIpc) is 2.99. The van der Waals surface area contributed by atoms with Gasteiger partial charge in [0.05, 0.1) is 5.75 Å². The fraction of sp³-hybridized carbons (Fsp3) is 0.667. The van der Waals surface area contributed by atoms with Crippen LogP contribution in [0.15, 0.2) is 17.5 Å². The summed E-state index contributed by atoms with van der Waals surface area (Å²) >= 11 is 1.75. The van der Waals surface area contributed by atoms with E-state index in [0.717, 1.165) is 0 Å². The van der Waals surface area contributed by atoms with Crippen molar-refractivity contribution in [3.8, 4) is 0 Å². The van der Waals surface area contributed by atoms with Crippen LogP contribution in [0.5, 0.6) is 0 Å². The van der Waals surface area contributed by atoms with Gasteiger partial charge in [-0.05, 0) is 30.2 Å². The minimum Gasteiger partial charge on any atom is -0.308 e. The van der Waals surface area contributed by atoms with E-state index < -0.39 is 9.84 Å². The third-order valence-corrected chi connectivity index (χ3v) is 5.82. The number of sulfone groups is 1. The van der Waals surface area contributed by atoms with Crippen molar-refractivity contribution in [2.24, 2.45) is 5.92 Å². The summed E-state index contributed by atoms with van der Waals surface area (Å²) in [5.41, 5.74) is 0. The van der Waals surface area contributed by atoms with E-state index in [0.29, 0.717) is 18.5 Å². The molecule has 1 saturated carbocycles. The Labute approximate surface area is 107 Å². The molecule has 0 aromatic carbocycles. The van der Waals surface area contributed by atoms with E-state index in [1.165, 1.54) is 17.7 Å². The van der Waals surface area contributed by atoms with Gasteiger partial charge in [0.2, 0.25) is 0 Å². The molecule has 1 unspecified atom stereocenters. The molecule has 1 heterocycles. The third-order valence-electron chi connectivity index (χ3n) is 3.16. The van der Waals surface area contributed by atoms with Gasteiger partial charge in [0.25, 0.3) is 0 Å². The maximum Gasteiger partial charge on any atom is 0.151 e. The van der Waals surface area contributed by atoms with Gasteiger partial charge in [0, 0.05) is 23.2 Å². The summed E-state index contributed by atoms with van der Waals surface area (Å²) in [6.45, 7) is 2.27. The van der Waals surface area contributed by atoms with Crippen LogP contribution >= 0.6 is 11.3 Å². The van der Waals surface area contributed by atoms with Crippen LogP contribution in [0.2, 0.25) is 0 Å². The molecular weight excluding hydrogens is 254 g/mol. The molecule has 2 rings (SSSR count). The Bertz CT molecular complexity index is 435. The lowest BCUT2D eigenvalue weighted by Crippen LogP contribution is -2.28. The van der Waals surface area contributed by atoms with Gasteiger partial charge in [-0.2, -0.15) is 0 Å². The smallest absolute Gasteiger partial charge is 0.151 e. The van der Waals surface area contributed by atoms with Gasteiger partial charge in [-0.1, -0.05) is 13.0 Å². The van der Waals surface area contributed by atoms with Gasteiger partial charge in [-0.3, -0.25) is 0 Å². The molecule has 1 aromatic heterocycles. The molecule has 96 valence electrons. The molecule has 1 N–H and O–H groups in total. The molecule has 0 amide bonds. The van der Waals surface area contributed by atoms with Gasteiger partial charge in [0.15, 0.2) is 9.84 Å². The highest BCUT2D eigenvalue weighted by atomic mass is 32.2. The van der Waals surface area contributed by atoms with E-state index in [1.807, 2.05) is 0 Å². The second-order valence-corrected chi connectivity index (χ2v) is 7.97. The number of hydrogen-bond donors (Lipinski definition) is 1. The quantitative estimate of drug-likeness (QED) is 0.828. The molecule has 1 aliphatic carbocycles. The molecule has 1 atom stereocenters. The van der Waals surface area contributed by atoms with Crippen molar-refractivity contribution in [3.05, 3.63) is 22.4 Å². The molecule has 1 aliphatic rings. The second kappa shape index (κ2) is 5.50. The summed E-state index contributed by atoms with van der Waals surface area (Å²) in [5.74, 6) is 1.19. The Morgan fingerprint density at radius 2 is 2.29 bits per heavy atom. The lowest BCUT2D eigenvalue weighted by Gasteiger charge is -2.16. The maximum absolute atomic E-state index is 11.4. The van der Waals surface area contributed by atoms with Crippen molar-refractivity contribution in [1.29, 1.82) is 0 Å². The zero-order valence-electron chi connectivity index (χ0n) is 10.1. The molecule has 1 aromatic rings. The first-order valence-electron chi connectivity index (χ1n) is 6.09. The normalized spacial score (nSPS) is 18.2. The monoisotopic (exact) mass is 273 g/mol. The van der Waals surface area contributed by atoms with Gasteiger partial charge in [-0.25, -0.2) is 8.42 Å². The molecule has 0 aliphatic heterocycles. The van der Waals surface area contributed by atoms with Crippen LogP contribution in [0, 0.1) is 5.92 Å². The Morgan fingerprint density at radius 3 is 2.82 bits per heavy atom. The fourth-order valence-electron chi connectivity index (χ4n) is 1.91. The Balaban J connectivity index is 1.87. The van der Waals surface area contributed by atoms with E-state index in [-0.39, 0.29) is 11.5 Å². The first-order valence-corrected chi connectivity index (χ1v) is 8.79. The summed E-state index contributed by atoms with van der Waals surface area (Å²) in [4.78, 5) is 1.33. The number of nitrogens with one attached hydrogen (secondary N) is 1. The maximum atomic E-state index is 11.4. The lowest BCUT2D eigenvalue weighted by atomic mass is 10.1. The average molecular weight is 273 g/mol. The first kappa shape index (κ1) is 13.1. The van der Waals surface area contributed by atoms with Crippen molar-refractivity contribution in [2.45, 2.75) is 25.8 Å². The zero-order chi connectivity index (χ0) is 12.3. The van der Waals surface area contributed by atoms with E-state index in [9.17, 15) is 8.42 Å². The lowest BCUT2D eigenvalue weighted by molar-refractivity contribution is 0.501. The van der Waals surface area contributed by atoms with E-state index in [1.54, 1.807) is 18.3 Å². The molecule has 0 radical (unpaired) electrons. The van der Waals surface area contributed by atoms with Crippen molar-refractivity contribution >= 4 is 21.2 Å². The Morgan fingerprint density at radius 1 is 1.53 bits per heavy atom. The van der Waals surface area contributed by atoms with Crippen molar-refractivity contribution in [1.82, 2.24) is 5.32 Å². The summed E-state index contributed by atoms with van der Waals surface area (Å²) in [6, 6.07) is 4.55. The summed E-state index contributed by atoms with van der Waals surface area (Å²) in [5, 5.41) is 5.48. The summed E-state index contributed by atoms with van der Waals surface area (Å²) in [7, 11) is -2.85. The summed E-state index contributed by atoms with van der Waals surface area (Å²) < 4.78 is 22.8. The Kier molecular flexibility index (Phi) is 4.22. The van der Waals surface area contributed by atoms with E-state index in [2.05, 4.69) is 22.8 Å². The van der Waals surface area contributed by atoms with Crippen LogP contribution in [0.1, 0.15) is 30.7 Å². The molecule has 1 fully saturated rings. The first-order chi connectivity index (χ1) is 8.12. The van der Waals surface area contributed by atoms with E-state index >= 15 is 0 Å². The molecule has 5 heteroatoms. The third kappa shape index (κ3) is 3.79. The van der Waals surface area contributed by atoms with Crippen LogP contribution in [-0.2, 0) is 9.84 Å². The van der Waals surface area contributed by atoms with Crippen molar-refractivity contribution < 1.29 is 8.42 Å². The highest BCUT2D eigenvalue weighted by Crippen LogP contribution is 2.42. The largest absolute Gasteiger partial charge is 0.308 e. The molecule has 3 nitrogen and oxygen atoms in total. The van der Waals surface area contributed by atoms with Gasteiger partial charge < -0.3 is 5.32 Å². The fourth-order valence-corrected chi connectivity index (χ4v) is 3.52. The SMILES string of the molecule is CCS(=O)(=O)CCNC(c1cccs1)C1CC1. The van der Waals surface area contributed by atoms with Crippen LogP contribution in [-0.4, -0.2) is 26.5 Å². The molecule has 0 spiro atoms. The van der Waals surface area contributed by atoms with Gasteiger partial charge >= 0.3 is 0 Å². The predicted octanol–water partition coefficient (Wildman–Crippen LogP) is 2.22. The topological polar surface area (TPSA) is 46.2 Å². The minimum absolute atomic E-state index is 0.238. The number of hydrogen-bond acceptors (Lipinski definition) is 4. The van der Waals surface area contributed by atoms with Gasteiger partial charge in [0.1, 0.15) is 0 Å². The zero-order valence-corrected chi connectivity index (χ0v) is 11.7. The van der Waals surface area contributed by atoms with Gasteiger partial charge in [-0.15, -0.1) is 11.3 Å². The van der Waals surface area contributed by atoms with Crippen molar-refractivity contribution in [2.75, 3.05) is 18.1 Å². The molecular formula is C12H19NO2S2. The standard InChI is InChI=1S/C12H19NO2S2/c1-2-17(14,15)9-7-13-12(10-5-6-10)11-4-3-8-16-11/h3-4,8,10,12-13H,2,5-7,9H2,1H3. The number of rotatable bonds is 7. The van der Waals surface area contributed by atoms with Crippen molar-refractivity contribution in [3.63, 3.8) is 0 Å². The second-order valence-electron chi connectivity index (χ2n) is 4.52. The van der Waals surface area contributed by atoms with E-state index in [4.69, 9.17) is 0 Å². The number of thiophene rings is 1. The molecule has 0 saturated heterocycles. The minimum atomic E-state index is -2.85. The molecule has 0 bridgehead atoms. The molecule has 17 heavy (non-hydrogen) atoms. The summed E-state index contributed by atoms with van der Waals surface area (Å²) in [6.07, 6.45) is 2.52. The Hall–Kier alpha value is -0.390. The van der Waals surface area contributed by atoms with Crippen LogP contribution in [0.3, 0.4) is 0 Å². The van der Waals surface area contributed by atoms with Crippen LogP contribution in [0.4, 0.5) is 0 Å². The predicted molar refractivity (Wildman–Crippen MR) is 72.1 cm³/mol. The van der Waals surface area contributed by atoms with Crippen LogP contribution < -0.4 is 5.32 Å². The highest BCUT2D eigenvalue weighted by Gasteiger charge is 2.32.